The zero-order valence-corrected chi connectivity index (χ0v) is 17.4. The van der Waals surface area contributed by atoms with Gasteiger partial charge in [-0.3, -0.25) is 4.99 Å². The van der Waals surface area contributed by atoms with Crippen molar-refractivity contribution in [3.63, 3.8) is 0 Å². The van der Waals surface area contributed by atoms with Gasteiger partial charge in [-0.1, -0.05) is 12.1 Å². The summed E-state index contributed by atoms with van der Waals surface area (Å²) < 4.78 is 37.7. The van der Waals surface area contributed by atoms with Crippen molar-refractivity contribution in [1.29, 1.82) is 0 Å². The number of hydrogen-bond donors (Lipinski definition) is 2. The summed E-state index contributed by atoms with van der Waals surface area (Å²) >= 11 is 0. The van der Waals surface area contributed by atoms with E-state index in [0.29, 0.717) is 37.0 Å². The molecule has 1 unspecified atom stereocenters. The lowest BCUT2D eigenvalue weighted by molar-refractivity contribution is 0.0888. The van der Waals surface area contributed by atoms with Gasteiger partial charge in [0.1, 0.15) is 0 Å². The van der Waals surface area contributed by atoms with E-state index in [1.165, 1.54) is 6.07 Å². The van der Waals surface area contributed by atoms with Crippen molar-refractivity contribution in [2.75, 3.05) is 46.6 Å². The van der Waals surface area contributed by atoms with Gasteiger partial charge in [-0.05, 0) is 30.9 Å². The van der Waals surface area contributed by atoms with Gasteiger partial charge in [-0.2, -0.15) is 0 Å². The Labute approximate surface area is 171 Å². The Kier molecular flexibility index (Phi) is 11.7. The average Bonchev–Trinajstić information content (AvgIpc) is 3.13. The van der Waals surface area contributed by atoms with E-state index in [0.717, 1.165) is 45.3 Å². The number of nitrogens with zero attached hydrogens (tertiary/aromatic N) is 1. The molecule has 148 valence electrons. The fourth-order valence-electron chi connectivity index (χ4n) is 2.62. The van der Waals surface area contributed by atoms with Crippen LogP contribution in [0.5, 0.6) is 0 Å². The van der Waals surface area contributed by atoms with Crippen LogP contribution in [0.15, 0.2) is 23.2 Å². The first-order valence-corrected chi connectivity index (χ1v) is 8.73. The highest BCUT2D eigenvalue weighted by Gasteiger charge is 2.15. The molecule has 1 aliphatic rings. The number of aliphatic imine (C=N–C) groups is 1. The standard InChI is InChI=1S/C18H27F2N3O2.HI/c1-21-18(22-8-3-10-24-12-14-7-11-25-13-14)23-9-6-15-4-2-5-16(19)17(15)20;/h2,4-5,14H,3,6-13H2,1H3,(H2,21,22,23);1H. The van der Waals surface area contributed by atoms with Crippen LogP contribution in [0.25, 0.3) is 0 Å². The van der Waals surface area contributed by atoms with Gasteiger partial charge in [0.2, 0.25) is 0 Å². The minimum atomic E-state index is -0.816. The number of ether oxygens (including phenoxy) is 2. The summed E-state index contributed by atoms with van der Waals surface area (Å²) in [6, 6.07) is 4.22. The zero-order chi connectivity index (χ0) is 17.9. The molecular formula is C18H28F2IN3O2. The smallest absolute Gasteiger partial charge is 0.190 e. The Bertz CT molecular complexity index is 555. The van der Waals surface area contributed by atoms with Crippen LogP contribution in [-0.4, -0.2) is 52.5 Å². The van der Waals surface area contributed by atoms with Gasteiger partial charge in [0.25, 0.3) is 0 Å². The van der Waals surface area contributed by atoms with Gasteiger partial charge >= 0.3 is 0 Å². The van der Waals surface area contributed by atoms with Crippen molar-refractivity contribution in [3.8, 4) is 0 Å². The Balaban J connectivity index is 0.00000338. The van der Waals surface area contributed by atoms with E-state index in [1.54, 1.807) is 13.1 Å². The molecule has 1 aliphatic heterocycles. The molecule has 8 heteroatoms. The molecule has 5 nitrogen and oxygen atoms in total. The van der Waals surface area contributed by atoms with Crippen LogP contribution in [0.1, 0.15) is 18.4 Å². The van der Waals surface area contributed by atoms with Gasteiger partial charge in [0.05, 0.1) is 13.2 Å². The summed E-state index contributed by atoms with van der Waals surface area (Å²) in [4.78, 5) is 4.11. The van der Waals surface area contributed by atoms with E-state index >= 15 is 0 Å². The maximum Gasteiger partial charge on any atom is 0.190 e. The molecule has 0 saturated carbocycles. The second-order valence-corrected chi connectivity index (χ2v) is 6.05. The maximum absolute atomic E-state index is 13.6. The monoisotopic (exact) mass is 483 g/mol. The summed E-state index contributed by atoms with van der Waals surface area (Å²) in [5.74, 6) is -0.423. The maximum atomic E-state index is 13.6. The van der Waals surface area contributed by atoms with Crippen LogP contribution in [0.4, 0.5) is 8.78 Å². The molecule has 0 radical (unpaired) electrons. The molecule has 1 saturated heterocycles. The highest BCUT2D eigenvalue weighted by molar-refractivity contribution is 14.0. The third kappa shape index (κ3) is 8.13. The Morgan fingerprint density at radius 2 is 2.12 bits per heavy atom. The highest BCUT2D eigenvalue weighted by atomic mass is 127. The molecule has 1 atom stereocenters. The average molecular weight is 483 g/mol. The zero-order valence-electron chi connectivity index (χ0n) is 15.1. The molecule has 1 aromatic carbocycles. The predicted octanol–water partition coefficient (Wildman–Crippen LogP) is 2.73. The van der Waals surface area contributed by atoms with Crippen LogP contribution in [0.2, 0.25) is 0 Å². The third-order valence-corrected chi connectivity index (χ3v) is 4.08. The molecule has 0 amide bonds. The fraction of sp³-hybridized carbons (Fsp3) is 0.611. The van der Waals surface area contributed by atoms with E-state index in [9.17, 15) is 8.78 Å². The van der Waals surface area contributed by atoms with E-state index in [2.05, 4.69) is 15.6 Å². The van der Waals surface area contributed by atoms with Crippen LogP contribution >= 0.6 is 24.0 Å². The van der Waals surface area contributed by atoms with Crippen molar-refractivity contribution in [2.45, 2.75) is 19.3 Å². The van der Waals surface area contributed by atoms with E-state index in [1.807, 2.05) is 0 Å². The second-order valence-electron chi connectivity index (χ2n) is 6.05. The second kappa shape index (κ2) is 13.2. The molecule has 0 aliphatic carbocycles. The van der Waals surface area contributed by atoms with Crippen LogP contribution in [-0.2, 0) is 15.9 Å². The van der Waals surface area contributed by atoms with Gasteiger partial charge in [0.15, 0.2) is 17.6 Å². The summed E-state index contributed by atoms with van der Waals surface area (Å²) in [5, 5.41) is 6.27. The Morgan fingerprint density at radius 3 is 2.85 bits per heavy atom. The van der Waals surface area contributed by atoms with Gasteiger partial charge in [0, 0.05) is 39.3 Å². The SMILES string of the molecule is CN=C(NCCCOCC1CCOC1)NCCc1cccc(F)c1F.I. The first kappa shape index (κ1) is 23.0. The predicted molar refractivity (Wildman–Crippen MR) is 109 cm³/mol. The van der Waals surface area contributed by atoms with E-state index in [-0.39, 0.29) is 24.0 Å². The van der Waals surface area contributed by atoms with Crippen molar-refractivity contribution in [1.82, 2.24) is 10.6 Å². The molecule has 0 bridgehead atoms. The van der Waals surface area contributed by atoms with Gasteiger partial charge < -0.3 is 20.1 Å². The number of halogens is 3. The van der Waals surface area contributed by atoms with Crippen LogP contribution in [0.3, 0.4) is 0 Å². The molecule has 1 aromatic rings. The van der Waals surface area contributed by atoms with Crippen molar-refractivity contribution in [2.24, 2.45) is 10.9 Å². The molecule has 2 N–H and O–H groups in total. The highest BCUT2D eigenvalue weighted by Crippen LogP contribution is 2.12. The van der Waals surface area contributed by atoms with E-state index in [4.69, 9.17) is 9.47 Å². The van der Waals surface area contributed by atoms with Crippen LogP contribution in [0, 0.1) is 17.6 Å². The summed E-state index contributed by atoms with van der Waals surface area (Å²) in [6.07, 6.45) is 2.34. The first-order valence-electron chi connectivity index (χ1n) is 8.73. The van der Waals surface area contributed by atoms with Crippen molar-refractivity contribution < 1.29 is 18.3 Å². The quantitative estimate of drug-likeness (QED) is 0.246. The minimum absolute atomic E-state index is 0. The number of hydrogen-bond acceptors (Lipinski definition) is 3. The fourth-order valence-corrected chi connectivity index (χ4v) is 2.62. The topological polar surface area (TPSA) is 54.9 Å². The molecule has 1 heterocycles. The lowest BCUT2D eigenvalue weighted by atomic mass is 10.1. The molecule has 1 fully saturated rings. The molecular weight excluding hydrogens is 455 g/mol. The molecule has 26 heavy (non-hydrogen) atoms. The third-order valence-electron chi connectivity index (χ3n) is 4.08. The molecule has 2 rings (SSSR count). The molecule has 0 spiro atoms. The number of guanidine groups is 1. The van der Waals surface area contributed by atoms with E-state index < -0.39 is 11.6 Å². The van der Waals surface area contributed by atoms with Crippen molar-refractivity contribution >= 4 is 29.9 Å². The first-order chi connectivity index (χ1) is 12.2. The lowest BCUT2D eigenvalue weighted by Crippen LogP contribution is -2.39. The lowest BCUT2D eigenvalue weighted by Gasteiger charge is -2.13. The van der Waals surface area contributed by atoms with Gasteiger partial charge in [-0.15, -0.1) is 24.0 Å². The number of rotatable bonds is 9. The summed E-state index contributed by atoms with van der Waals surface area (Å²) in [5.41, 5.74) is 0.354. The summed E-state index contributed by atoms with van der Waals surface area (Å²) in [6.45, 7) is 4.30. The Hall–Kier alpha value is -1.00. The minimum Gasteiger partial charge on any atom is -0.381 e. The normalized spacial score (nSPS) is 17.0. The number of nitrogens with one attached hydrogen (secondary N) is 2. The summed E-state index contributed by atoms with van der Waals surface area (Å²) in [7, 11) is 1.68. The largest absolute Gasteiger partial charge is 0.381 e. The van der Waals surface area contributed by atoms with Crippen molar-refractivity contribution in [3.05, 3.63) is 35.4 Å². The van der Waals surface area contributed by atoms with Gasteiger partial charge in [-0.25, -0.2) is 8.78 Å². The Morgan fingerprint density at radius 1 is 1.31 bits per heavy atom. The number of benzene rings is 1. The molecule has 0 aromatic heterocycles. The van der Waals surface area contributed by atoms with Crippen LogP contribution < -0.4 is 10.6 Å².